The molecule has 1 aliphatic heterocycles. The van der Waals surface area contributed by atoms with E-state index in [1.807, 2.05) is 19.9 Å². The summed E-state index contributed by atoms with van der Waals surface area (Å²) in [5.41, 5.74) is 0. The summed E-state index contributed by atoms with van der Waals surface area (Å²) in [7, 11) is 0. The van der Waals surface area contributed by atoms with Crippen LogP contribution in [0.4, 0.5) is 0 Å². The Balaban J connectivity index is 0. The maximum atomic E-state index is 5.40. The van der Waals surface area contributed by atoms with E-state index in [-0.39, 0.29) is 0 Å². The third kappa shape index (κ3) is 12.8. The van der Waals surface area contributed by atoms with Crippen LogP contribution in [0.3, 0.4) is 0 Å². The molecule has 0 aromatic carbocycles. The third-order valence-electron chi connectivity index (χ3n) is 3.19. The zero-order chi connectivity index (χ0) is 14.9. The third-order valence-corrected chi connectivity index (χ3v) is 3.19. The molecule has 0 N–H and O–H groups in total. The van der Waals surface area contributed by atoms with Crippen LogP contribution in [0, 0.1) is 5.92 Å². The Morgan fingerprint density at radius 3 is 2.32 bits per heavy atom. The van der Waals surface area contributed by atoms with E-state index in [2.05, 4.69) is 31.0 Å². The predicted octanol–water partition coefficient (Wildman–Crippen LogP) is 4.27. The van der Waals surface area contributed by atoms with Gasteiger partial charge in [-0.15, -0.1) is 6.58 Å². The van der Waals surface area contributed by atoms with E-state index in [1.54, 1.807) is 6.26 Å². The molecule has 2 nitrogen and oxygen atoms in total. The Kier molecular flexibility index (Phi) is 20.2. The number of hydrogen-bond donors (Lipinski definition) is 1. The van der Waals surface area contributed by atoms with Gasteiger partial charge in [0.1, 0.15) is 0 Å². The van der Waals surface area contributed by atoms with Crippen molar-refractivity contribution in [2.45, 2.75) is 46.5 Å². The van der Waals surface area contributed by atoms with Crippen LogP contribution in [0.25, 0.3) is 0 Å². The molecule has 0 aliphatic carbocycles. The number of ether oxygens (including phenoxy) is 1. The second-order valence-corrected chi connectivity index (χ2v) is 4.44. The molecule has 1 fully saturated rings. The topological polar surface area (TPSA) is 12.5 Å². The van der Waals surface area contributed by atoms with Gasteiger partial charge < -0.3 is 9.64 Å². The molecule has 0 unspecified atom stereocenters. The summed E-state index contributed by atoms with van der Waals surface area (Å²) < 4.78 is 5.40. The van der Waals surface area contributed by atoms with Gasteiger partial charge in [0.05, 0.1) is 13.2 Å². The fraction of sp³-hybridized carbons (Fsp3) is 0.875. The number of thiol groups is 1. The van der Waals surface area contributed by atoms with Gasteiger partial charge in [0.25, 0.3) is 0 Å². The van der Waals surface area contributed by atoms with Gasteiger partial charge in [0.2, 0.25) is 0 Å². The molecule has 1 saturated heterocycles. The molecule has 1 heterocycles. The molecule has 0 radical (unpaired) electrons. The SMILES string of the molecule is C=CCOCCN1CCC(CCC)CC1.CC.CS. The van der Waals surface area contributed by atoms with Crippen LogP contribution in [0.5, 0.6) is 0 Å². The second kappa shape index (κ2) is 18.0. The average Bonchev–Trinajstić information content (AvgIpc) is 2.50. The minimum absolute atomic E-state index is 0.687. The zero-order valence-corrected chi connectivity index (χ0v) is 14.4. The van der Waals surface area contributed by atoms with Gasteiger partial charge in [0.15, 0.2) is 0 Å². The molecule has 3 heteroatoms. The van der Waals surface area contributed by atoms with Crippen molar-refractivity contribution in [1.29, 1.82) is 0 Å². The minimum Gasteiger partial charge on any atom is -0.376 e. The van der Waals surface area contributed by atoms with Crippen LogP contribution in [0.15, 0.2) is 12.7 Å². The van der Waals surface area contributed by atoms with Crippen molar-refractivity contribution in [1.82, 2.24) is 4.90 Å². The van der Waals surface area contributed by atoms with Gasteiger partial charge in [-0.05, 0) is 38.1 Å². The molecule has 0 aromatic rings. The van der Waals surface area contributed by atoms with Gasteiger partial charge in [-0.25, -0.2) is 0 Å². The number of rotatable bonds is 7. The number of piperidine rings is 1. The lowest BCUT2D eigenvalue weighted by atomic mass is 9.92. The molecule has 0 spiro atoms. The first-order valence-electron chi connectivity index (χ1n) is 7.72. The van der Waals surface area contributed by atoms with Crippen molar-refractivity contribution in [3.8, 4) is 0 Å². The van der Waals surface area contributed by atoms with E-state index in [9.17, 15) is 0 Å². The Labute approximate surface area is 127 Å². The summed E-state index contributed by atoms with van der Waals surface area (Å²) in [5.74, 6) is 0.986. The molecule has 0 bridgehead atoms. The highest BCUT2D eigenvalue weighted by atomic mass is 32.1. The molecule has 0 amide bonds. The predicted molar refractivity (Wildman–Crippen MR) is 91.3 cm³/mol. The van der Waals surface area contributed by atoms with Gasteiger partial charge in [-0.2, -0.15) is 12.6 Å². The van der Waals surface area contributed by atoms with Crippen molar-refractivity contribution >= 4 is 12.6 Å². The smallest absolute Gasteiger partial charge is 0.0645 e. The molecule has 116 valence electrons. The largest absolute Gasteiger partial charge is 0.376 e. The lowest BCUT2D eigenvalue weighted by Gasteiger charge is -2.31. The molecule has 0 atom stereocenters. The molecule has 0 saturated carbocycles. The van der Waals surface area contributed by atoms with Gasteiger partial charge in [-0.1, -0.05) is 39.7 Å². The monoisotopic (exact) mass is 289 g/mol. The molecule has 1 aliphatic rings. The quantitative estimate of drug-likeness (QED) is 0.427. The Hall–Kier alpha value is 0.0100. The van der Waals surface area contributed by atoms with Crippen molar-refractivity contribution in [3.63, 3.8) is 0 Å². The standard InChI is InChI=1S/C13H25NO.C2H6.CH4S/c1-3-5-13-6-8-14(9-7-13)10-12-15-11-4-2;2*1-2/h4,13H,2-3,5-12H2,1H3;1-2H3;2H,1H3. The lowest BCUT2D eigenvalue weighted by Crippen LogP contribution is -2.36. The zero-order valence-electron chi connectivity index (χ0n) is 13.5. The number of hydrogen-bond acceptors (Lipinski definition) is 3. The maximum absolute atomic E-state index is 5.40. The van der Waals surface area contributed by atoms with Crippen molar-refractivity contribution in [2.75, 3.05) is 39.1 Å². The Morgan fingerprint density at radius 2 is 1.84 bits per heavy atom. The fourth-order valence-electron chi connectivity index (χ4n) is 2.27. The van der Waals surface area contributed by atoms with E-state index in [0.717, 1.165) is 19.1 Å². The molecule has 0 aromatic heterocycles. The van der Waals surface area contributed by atoms with Gasteiger partial charge in [0, 0.05) is 6.54 Å². The number of likely N-dealkylation sites (tertiary alicyclic amines) is 1. The Morgan fingerprint density at radius 1 is 1.26 bits per heavy atom. The van der Waals surface area contributed by atoms with Crippen LogP contribution >= 0.6 is 12.6 Å². The van der Waals surface area contributed by atoms with Crippen LogP contribution in [0.2, 0.25) is 0 Å². The number of nitrogens with zero attached hydrogens (tertiary/aromatic N) is 1. The molecule has 19 heavy (non-hydrogen) atoms. The van der Waals surface area contributed by atoms with E-state index in [0.29, 0.717) is 6.61 Å². The highest BCUT2D eigenvalue weighted by Crippen LogP contribution is 2.21. The van der Waals surface area contributed by atoms with Crippen molar-refractivity contribution < 1.29 is 4.74 Å². The first-order chi connectivity index (χ1) is 9.36. The molecule has 1 rings (SSSR count). The van der Waals surface area contributed by atoms with Crippen LogP contribution in [-0.2, 0) is 4.74 Å². The molecular weight excluding hydrogens is 254 g/mol. The van der Waals surface area contributed by atoms with Crippen molar-refractivity contribution in [2.24, 2.45) is 5.92 Å². The van der Waals surface area contributed by atoms with Crippen LogP contribution in [0.1, 0.15) is 46.5 Å². The Bertz CT molecular complexity index is 168. The van der Waals surface area contributed by atoms with E-state index >= 15 is 0 Å². The lowest BCUT2D eigenvalue weighted by molar-refractivity contribution is 0.102. The second-order valence-electron chi connectivity index (χ2n) is 4.44. The first kappa shape index (κ1) is 21.3. The van der Waals surface area contributed by atoms with E-state index in [1.165, 1.54) is 38.8 Å². The van der Waals surface area contributed by atoms with Crippen LogP contribution < -0.4 is 0 Å². The summed E-state index contributed by atoms with van der Waals surface area (Å²) in [5, 5.41) is 0. The highest BCUT2D eigenvalue weighted by Gasteiger charge is 2.17. The minimum atomic E-state index is 0.687. The summed E-state index contributed by atoms with van der Waals surface area (Å²) in [6.07, 6.45) is 9.03. The van der Waals surface area contributed by atoms with Gasteiger partial charge in [-0.3, -0.25) is 0 Å². The fourth-order valence-corrected chi connectivity index (χ4v) is 2.27. The van der Waals surface area contributed by atoms with Gasteiger partial charge >= 0.3 is 0 Å². The summed E-state index contributed by atoms with van der Waals surface area (Å²) in [6, 6.07) is 0. The summed E-state index contributed by atoms with van der Waals surface area (Å²) in [4.78, 5) is 2.52. The normalized spacial score (nSPS) is 15.8. The molecular formula is C16H35NOS. The first-order valence-corrected chi connectivity index (χ1v) is 8.62. The average molecular weight is 290 g/mol. The van der Waals surface area contributed by atoms with E-state index < -0.39 is 0 Å². The maximum Gasteiger partial charge on any atom is 0.0645 e. The van der Waals surface area contributed by atoms with Crippen LogP contribution in [-0.4, -0.2) is 44.0 Å². The highest BCUT2D eigenvalue weighted by molar-refractivity contribution is 7.79. The van der Waals surface area contributed by atoms with Crippen molar-refractivity contribution in [3.05, 3.63) is 12.7 Å². The summed E-state index contributed by atoms with van der Waals surface area (Å²) in [6.45, 7) is 15.1. The summed E-state index contributed by atoms with van der Waals surface area (Å²) >= 11 is 3.53. The van der Waals surface area contributed by atoms with E-state index in [4.69, 9.17) is 4.74 Å².